The number of hydrogen-bond donors (Lipinski definition) is 2. The molecule has 1 heterocycles. The summed E-state index contributed by atoms with van der Waals surface area (Å²) in [5.74, 6) is -1.10. The smallest absolute Gasteiger partial charge is 0.326 e. The van der Waals surface area contributed by atoms with Crippen LogP contribution in [-0.2, 0) is 9.59 Å². The number of nitrogens with one attached hydrogen (secondary N) is 1. The molecule has 0 saturated carbocycles. The highest BCUT2D eigenvalue weighted by Crippen LogP contribution is 2.19. The second kappa shape index (κ2) is 5.84. The zero-order chi connectivity index (χ0) is 12.1. The van der Waals surface area contributed by atoms with Crippen LogP contribution in [0.3, 0.4) is 0 Å². The first-order valence-corrected chi connectivity index (χ1v) is 5.75. The maximum absolute atomic E-state index is 12.0. The molecule has 16 heavy (non-hydrogen) atoms. The molecular weight excluding hydrogens is 208 g/mol. The maximum Gasteiger partial charge on any atom is 0.326 e. The molecule has 0 radical (unpaired) electrons. The molecule has 0 aromatic carbocycles. The van der Waals surface area contributed by atoms with Gasteiger partial charge in [-0.05, 0) is 26.3 Å². The van der Waals surface area contributed by atoms with E-state index in [-0.39, 0.29) is 11.8 Å². The van der Waals surface area contributed by atoms with Crippen LogP contribution in [-0.4, -0.2) is 48.1 Å². The Morgan fingerprint density at radius 3 is 2.75 bits per heavy atom. The lowest BCUT2D eigenvalue weighted by Crippen LogP contribution is -2.50. The highest BCUT2D eigenvalue weighted by molar-refractivity contribution is 5.85. The fourth-order valence-electron chi connectivity index (χ4n) is 2.13. The Kier molecular flexibility index (Phi) is 4.73. The first kappa shape index (κ1) is 13.0. The van der Waals surface area contributed by atoms with E-state index in [1.54, 1.807) is 7.05 Å². The van der Waals surface area contributed by atoms with E-state index in [1.165, 1.54) is 4.90 Å². The van der Waals surface area contributed by atoms with E-state index in [0.717, 1.165) is 12.8 Å². The van der Waals surface area contributed by atoms with E-state index in [0.29, 0.717) is 19.5 Å². The van der Waals surface area contributed by atoms with Crippen LogP contribution in [0.1, 0.15) is 26.2 Å². The van der Waals surface area contributed by atoms with Crippen LogP contribution in [0, 0.1) is 5.92 Å². The number of likely N-dealkylation sites (tertiary alicyclic amines) is 1. The van der Waals surface area contributed by atoms with Gasteiger partial charge >= 0.3 is 5.97 Å². The van der Waals surface area contributed by atoms with E-state index >= 15 is 0 Å². The van der Waals surface area contributed by atoms with Gasteiger partial charge in [0.2, 0.25) is 5.91 Å². The second-order valence-electron chi connectivity index (χ2n) is 4.34. The van der Waals surface area contributed by atoms with Crippen molar-refractivity contribution in [1.82, 2.24) is 10.2 Å². The molecule has 0 spiro atoms. The number of hydrogen-bond acceptors (Lipinski definition) is 3. The van der Waals surface area contributed by atoms with Gasteiger partial charge in [-0.15, -0.1) is 0 Å². The third-order valence-electron chi connectivity index (χ3n) is 3.00. The molecule has 1 unspecified atom stereocenters. The Bertz CT molecular complexity index is 268. The first-order valence-electron chi connectivity index (χ1n) is 5.75. The number of aliphatic carboxylic acids is 1. The Morgan fingerprint density at radius 2 is 2.19 bits per heavy atom. The van der Waals surface area contributed by atoms with Gasteiger partial charge in [0, 0.05) is 19.0 Å². The minimum Gasteiger partial charge on any atom is -0.480 e. The van der Waals surface area contributed by atoms with Crippen LogP contribution < -0.4 is 5.32 Å². The maximum atomic E-state index is 12.0. The summed E-state index contributed by atoms with van der Waals surface area (Å²) in [6.45, 7) is 2.98. The molecule has 1 rings (SSSR count). The summed E-state index contributed by atoms with van der Waals surface area (Å²) in [7, 11) is 1.79. The number of rotatable bonds is 4. The molecule has 1 fully saturated rings. The van der Waals surface area contributed by atoms with Crippen molar-refractivity contribution in [1.29, 1.82) is 0 Å². The van der Waals surface area contributed by atoms with Gasteiger partial charge in [0.1, 0.15) is 6.04 Å². The van der Waals surface area contributed by atoms with Crippen molar-refractivity contribution >= 4 is 11.9 Å². The number of nitrogens with zero attached hydrogens (tertiary/aromatic N) is 1. The standard InChI is InChI=1S/C11H20N2O3/c1-8(7-12-2)10(14)13-6-4-3-5-9(13)11(15)16/h8-9,12H,3-7H2,1-2H3,(H,15,16)/t8?,9-/m1/s1. The third kappa shape index (κ3) is 2.95. The minimum absolute atomic E-state index is 0.0542. The molecule has 2 atom stereocenters. The van der Waals surface area contributed by atoms with E-state index in [1.807, 2.05) is 6.92 Å². The lowest BCUT2D eigenvalue weighted by atomic mass is 9.99. The van der Waals surface area contributed by atoms with Crippen molar-refractivity contribution in [3.05, 3.63) is 0 Å². The molecule has 5 nitrogen and oxygen atoms in total. The summed E-state index contributed by atoms with van der Waals surface area (Å²) < 4.78 is 0. The van der Waals surface area contributed by atoms with Gasteiger partial charge in [-0.2, -0.15) is 0 Å². The highest BCUT2D eigenvalue weighted by atomic mass is 16.4. The molecule has 0 aliphatic carbocycles. The van der Waals surface area contributed by atoms with Crippen LogP contribution in [0.4, 0.5) is 0 Å². The van der Waals surface area contributed by atoms with Crippen molar-refractivity contribution < 1.29 is 14.7 Å². The van der Waals surface area contributed by atoms with Crippen molar-refractivity contribution in [3.63, 3.8) is 0 Å². The van der Waals surface area contributed by atoms with Crippen LogP contribution in [0.5, 0.6) is 0 Å². The van der Waals surface area contributed by atoms with Crippen molar-refractivity contribution in [2.45, 2.75) is 32.2 Å². The normalized spacial score (nSPS) is 22.9. The van der Waals surface area contributed by atoms with Gasteiger partial charge < -0.3 is 15.3 Å². The summed E-state index contributed by atoms with van der Waals surface area (Å²) >= 11 is 0. The van der Waals surface area contributed by atoms with E-state index < -0.39 is 12.0 Å². The number of amides is 1. The Balaban J connectivity index is 2.67. The van der Waals surface area contributed by atoms with Gasteiger partial charge in [0.25, 0.3) is 0 Å². The highest BCUT2D eigenvalue weighted by Gasteiger charge is 2.33. The van der Waals surface area contributed by atoms with E-state index in [9.17, 15) is 9.59 Å². The van der Waals surface area contributed by atoms with Crippen LogP contribution in [0.15, 0.2) is 0 Å². The van der Waals surface area contributed by atoms with Crippen LogP contribution >= 0.6 is 0 Å². The molecule has 1 amide bonds. The SMILES string of the molecule is CNCC(C)C(=O)N1CCCC[C@@H]1C(=O)O. The number of carboxylic acid groups (broad SMARTS) is 1. The number of carboxylic acids is 1. The largest absolute Gasteiger partial charge is 0.480 e. The summed E-state index contributed by atoms with van der Waals surface area (Å²) in [6.07, 6.45) is 2.37. The fraction of sp³-hybridized carbons (Fsp3) is 0.818. The molecule has 1 saturated heterocycles. The topological polar surface area (TPSA) is 69.6 Å². The number of piperidine rings is 1. The van der Waals surface area contributed by atoms with Crippen LogP contribution in [0.2, 0.25) is 0 Å². The monoisotopic (exact) mass is 228 g/mol. The van der Waals surface area contributed by atoms with E-state index in [4.69, 9.17) is 5.11 Å². The Hall–Kier alpha value is -1.10. The third-order valence-corrected chi connectivity index (χ3v) is 3.00. The molecule has 2 N–H and O–H groups in total. The van der Waals surface area contributed by atoms with Gasteiger partial charge in [-0.25, -0.2) is 4.79 Å². The quantitative estimate of drug-likeness (QED) is 0.726. The summed E-state index contributed by atoms with van der Waals surface area (Å²) in [5.41, 5.74) is 0. The zero-order valence-corrected chi connectivity index (χ0v) is 9.90. The van der Waals surface area contributed by atoms with Crippen molar-refractivity contribution in [2.75, 3.05) is 20.1 Å². The summed E-state index contributed by atoms with van der Waals surface area (Å²) in [4.78, 5) is 24.6. The number of carbonyl (C=O) groups excluding carboxylic acids is 1. The molecule has 0 bridgehead atoms. The van der Waals surface area contributed by atoms with Gasteiger partial charge in [-0.1, -0.05) is 6.92 Å². The van der Waals surface area contributed by atoms with Crippen molar-refractivity contribution in [2.24, 2.45) is 5.92 Å². The molecule has 92 valence electrons. The average Bonchev–Trinajstić information content (AvgIpc) is 2.28. The Labute approximate surface area is 95.8 Å². The van der Waals surface area contributed by atoms with Gasteiger partial charge in [0.05, 0.1) is 0 Å². The van der Waals surface area contributed by atoms with Gasteiger partial charge in [0.15, 0.2) is 0 Å². The molecule has 0 aromatic rings. The predicted octanol–water partition coefficient (Wildman–Crippen LogP) is 0.308. The second-order valence-corrected chi connectivity index (χ2v) is 4.34. The molecular formula is C11H20N2O3. The van der Waals surface area contributed by atoms with Crippen LogP contribution in [0.25, 0.3) is 0 Å². The number of carbonyl (C=O) groups is 2. The minimum atomic E-state index is -0.885. The van der Waals surface area contributed by atoms with Gasteiger partial charge in [-0.3, -0.25) is 4.79 Å². The first-order chi connectivity index (χ1) is 7.57. The molecule has 1 aliphatic heterocycles. The summed E-state index contributed by atoms with van der Waals surface area (Å²) in [6, 6.07) is -0.624. The van der Waals surface area contributed by atoms with Crippen molar-refractivity contribution in [3.8, 4) is 0 Å². The lowest BCUT2D eigenvalue weighted by Gasteiger charge is -2.34. The zero-order valence-electron chi connectivity index (χ0n) is 9.90. The molecule has 5 heteroatoms. The lowest BCUT2D eigenvalue weighted by molar-refractivity contribution is -0.153. The Morgan fingerprint density at radius 1 is 1.50 bits per heavy atom. The summed E-state index contributed by atoms with van der Waals surface area (Å²) in [5, 5.41) is 12.0. The molecule has 1 aliphatic rings. The average molecular weight is 228 g/mol. The van der Waals surface area contributed by atoms with E-state index in [2.05, 4.69) is 5.32 Å². The predicted molar refractivity (Wildman–Crippen MR) is 60.1 cm³/mol. The molecule has 0 aromatic heterocycles. The fourth-order valence-corrected chi connectivity index (χ4v) is 2.13.